The molecule has 2 N–H and O–H groups in total. The highest BCUT2D eigenvalue weighted by Crippen LogP contribution is 2.24. The van der Waals surface area contributed by atoms with Crippen LogP contribution in [0.25, 0.3) is 0 Å². The Morgan fingerprint density at radius 2 is 1.72 bits per heavy atom. The Morgan fingerprint density at radius 1 is 1.00 bits per heavy atom. The molecular weight excluding hydrogens is 446 g/mol. The van der Waals surface area contributed by atoms with Crippen molar-refractivity contribution in [1.29, 1.82) is 0 Å². The quantitative estimate of drug-likeness (QED) is 0.345. The van der Waals surface area contributed by atoms with Crippen molar-refractivity contribution in [2.24, 2.45) is 0 Å². The average Bonchev–Trinajstić information content (AvgIpc) is 2.79. The summed E-state index contributed by atoms with van der Waals surface area (Å²) in [5.74, 6) is 0.367. The Balaban J connectivity index is 1.44. The molecule has 32 heavy (non-hydrogen) atoms. The van der Waals surface area contributed by atoms with Gasteiger partial charge in [-0.25, -0.2) is 13.1 Å². The van der Waals surface area contributed by atoms with Crippen LogP contribution in [0.5, 0.6) is 0 Å². The summed E-state index contributed by atoms with van der Waals surface area (Å²) in [4.78, 5) is 28.7. The van der Waals surface area contributed by atoms with E-state index in [-0.39, 0.29) is 29.6 Å². The van der Waals surface area contributed by atoms with Gasteiger partial charge in [0.2, 0.25) is 15.9 Å². The number of rotatable bonds is 10. The fourth-order valence-corrected chi connectivity index (χ4v) is 4.62. The predicted octanol–water partition coefficient (Wildman–Crippen LogP) is 3.88. The normalized spacial score (nSPS) is 11.2. The van der Waals surface area contributed by atoms with E-state index >= 15 is 0 Å². The number of nitrogens with one attached hydrogen (secondary N) is 2. The first kappa shape index (κ1) is 23.6. The highest BCUT2D eigenvalue weighted by molar-refractivity contribution is 7.98. The number of hydrogen-bond acceptors (Lipinski definition) is 6. The van der Waals surface area contributed by atoms with Gasteiger partial charge in [-0.2, -0.15) is 0 Å². The molecular formula is C23H23N3O4S2. The van der Waals surface area contributed by atoms with E-state index in [9.17, 15) is 18.0 Å². The van der Waals surface area contributed by atoms with Gasteiger partial charge in [0.15, 0.2) is 5.78 Å². The molecule has 166 valence electrons. The number of Topliss-reactive ketones (excluding diaryl/α,β-unsaturated/α-hetero) is 1. The smallest absolute Gasteiger partial charge is 0.240 e. The number of thioether (sulfide) groups is 1. The standard InChI is InChI=1S/C23H23N3O4S2/c1-17(27)19-4-10-22(11-5-19)32(29,30)25-14-12-23(28)26-20-6-8-21(9-7-20)31-16-18-3-2-13-24-15-18/h2-11,13,15,25H,12,14,16H2,1H3,(H,26,28). The molecule has 0 aliphatic carbocycles. The topological polar surface area (TPSA) is 105 Å². The summed E-state index contributed by atoms with van der Waals surface area (Å²) in [6, 6.07) is 17.0. The van der Waals surface area contributed by atoms with Gasteiger partial charge >= 0.3 is 0 Å². The molecule has 0 unspecified atom stereocenters. The third-order valence-electron chi connectivity index (χ3n) is 4.48. The lowest BCUT2D eigenvalue weighted by Gasteiger charge is -2.09. The number of benzene rings is 2. The van der Waals surface area contributed by atoms with Crippen LogP contribution >= 0.6 is 11.8 Å². The average molecular weight is 470 g/mol. The number of amides is 1. The van der Waals surface area contributed by atoms with Crippen LogP contribution in [0, 0.1) is 0 Å². The van der Waals surface area contributed by atoms with Crippen LogP contribution in [0.2, 0.25) is 0 Å². The molecule has 0 saturated heterocycles. The van der Waals surface area contributed by atoms with Gasteiger partial charge < -0.3 is 5.32 Å². The lowest BCUT2D eigenvalue weighted by Crippen LogP contribution is -2.27. The molecule has 0 atom stereocenters. The van der Waals surface area contributed by atoms with E-state index in [0.29, 0.717) is 11.3 Å². The van der Waals surface area contributed by atoms with Crippen LogP contribution in [0.4, 0.5) is 5.69 Å². The molecule has 1 amide bonds. The van der Waals surface area contributed by atoms with Gasteiger partial charge in [0, 0.05) is 47.3 Å². The van der Waals surface area contributed by atoms with Crippen molar-refractivity contribution in [2.45, 2.75) is 28.9 Å². The summed E-state index contributed by atoms with van der Waals surface area (Å²) < 4.78 is 27.0. The summed E-state index contributed by atoms with van der Waals surface area (Å²) >= 11 is 1.67. The molecule has 1 heterocycles. The van der Waals surface area contributed by atoms with Crippen molar-refractivity contribution >= 4 is 39.2 Å². The van der Waals surface area contributed by atoms with Gasteiger partial charge in [-0.3, -0.25) is 14.6 Å². The minimum atomic E-state index is -3.75. The molecule has 0 radical (unpaired) electrons. The lowest BCUT2D eigenvalue weighted by atomic mass is 10.2. The molecule has 3 rings (SSSR count). The van der Waals surface area contributed by atoms with E-state index in [1.165, 1.54) is 31.2 Å². The summed E-state index contributed by atoms with van der Waals surface area (Å²) in [6.45, 7) is 1.37. The van der Waals surface area contributed by atoms with Crippen LogP contribution in [-0.4, -0.2) is 31.6 Å². The second-order valence-electron chi connectivity index (χ2n) is 6.95. The Kier molecular flexibility index (Phi) is 8.15. The number of carbonyl (C=O) groups excluding carboxylic acids is 2. The largest absolute Gasteiger partial charge is 0.326 e. The maximum Gasteiger partial charge on any atom is 0.240 e. The van der Waals surface area contributed by atoms with Crippen molar-refractivity contribution in [3.63, 3.8) is 0 Å². The maximum atomic E-state index is 12.3. The van der Waals surface area contributed by atoms with Crippen molar-refractivity contribution in [2.75, 3.05) is 11.9 Å². The van der Waals surface area contributed by atoms with E-state index in [1.54, 1.807) is 18.0 Å². The van der Waals surface area contributed by atoms with Crippen LogP contribution in [0.1, 0.15) is 29.3 Å². The Hall–Kier alpha value is -3.01. The van der Waals surface area contributed by atoms with E-state index < -0.39 is 10.0 Å². The van der Waals surface area contributed by atoms with Gasteiger partial charge in [-0.1, -0.05) is 18.2 Å². The first-order valence-electron chi connectivity index (χ1n) is 9.86. The zero-order valence-electron chi connectivity index (χ0n) is 17.4. The Morgan fingerprint density at radius 3 is 2.34 bits per heavy atom. The second kappa shape index (κ2) is 11.0. The van der Waals surface area contributed by atoms with Crippen LogP contribution in [0.3, 0.4) is 0 Å². The predicted molar refractivity (Wildman–Crippen MR) is 125 cm³/mol. The SMILES string of the molecule is CC(=O)c1ccc(S(=O)(=O)NCCC(=O)Nc2ccc(SCc3cccnc3)cc2)cc1. The molecule has 0 bridgehead atoms. The minimum Gasteiger partial charge on any atom is -0.326 e. The van der Waals surface area contributed by atoms with Crippen molar-refractivity contribution < 1.29 is 18.0 Å². The number of carbonyl (C=O) groups is 2. The minimum absolute atomic E-state index is 0.0116. The summed E-state index contributed by atoms with van der Waals surface area (Å²) in [5, 5.41) is 2.76. The molecule has 0 spiro atoms. The summed E-state index contributed by atoms with van der Waals surface area (Å²) in [7, 11) is -3.75. The van der Waals surface area contributed by atoms with Crippen LogP contribution in [0.15, 0.2) is 82.8 Å². The molecule has 1 aromatic heterocycles. The van der Waals surface area contributed by atoms with E-state index in [0.717, 1.165) is 16.2 Å². The van der Waals surface area contributed by atoms with Crippen LogP contribution < -0.4 is 10.0 Å². The fourth-order valence-electron chi connectivity index (χ4n) is 2.76. The number of ketones is 1. The molecule has 7 nitrogen and oxygen atoms in total. The van der Waals surface area contributed by atoms with Gasteiger partial charge in [0.05, 0.1) is 4.90 Å². The number of nitrogens with zero attached hydrogens (tertiary/aromatic N) is 1. The summed E-state index contributed by atoms with van der Waals surface area (Å²) in [5.41, 5.74) is 2.21. The molecule has 9 heteroatoms. The van der Waals surface area contributed by atoms with Gasteiger partial charge in [-0.15, -0.1) is 11.8 Å². The Labute approximate surface area is 191 Å². The third kappa shape index (κ3) is 7.01. The zero-order valence-corrected chi connectivity index (χ0v) is 19.1. The lowest BCUT2D eigenvalue weighted by molar-refractivity contribution is -0.116. The van der Waals surface area contributed by atoms with Gasteiger partial charge in [0.25, 0.3) is 0 Å². The molecule has 0 aliphatic rings. The number of anilines is 1. The van der Waals surface area contributed by atoms with Crippen molar-refractivity contribution in [1.82, 2.24) is 9.71 Å². The van der Waals surface area contributed by atoms with Crippen LogP contribution in [-0.2, 0) is 20.6 Å². The fraction of sp³-hybridized carbons (Fsp3) is 0.174. The highest BCUT2D eigenvalue weighted by Gasteiger charge is 2.14. The maximum absolute atomic E-state index is 12.3. The number of sulfonamides is 1. The highest BCUT2D eigenvalue weighted by atomic mass is 32.2. The monoisotopic (exact) mass is 469 g/mol. The van der Waals surface area contributed by atoms with E-state index in [4.69, 9.17) is 0 Å². The molecule has 0 aliphatic heterocycles. The number of pyridine rings is 1. The Bertz CT molecular complexity index is 1160. The number of hydrogen-bond donors (Lipinski definition) is 2. The van der Waals surface area contributed by atoms with Crippen molar-refractivity contribution in [3.8, 4) is 0 Å². The van der Waals surface area contributed by atoms with Crippen molar-refractivity contribution in [3.05, 3.63) is 84.2 Å². The first-order valence-corrected chi connectivity index (χ1v) is 12.3. The van der Waals surface area contributed by atoms with Gasteiger partial charge in [-0.05, 0) is 55.0 Å². The molecule has 0 saturated carbocycles. The van der Waals surface area contributed by atoms with E-state index in [1.807, 2.05) is 42.6 Å². The number of aromatic nitrogens is 1. The molecule has 0 fully saturated rings. The third-order valence-corrected chi connectivity index (χ3v) is 7.04. The molecule has 3 aromatic rings. The first-order chi connectivity index (χ1) is 15.3. The van der Waals surface area contributed by atoms with Gasteiger partial charge in [0.1, 0.15) is 0 Å². The van der Waals surface area contributed by atoms with E-state index in [2.05, 4.69) is 15.0 Å². The second-order valence-corrected chi connectivity index (χ2v) is 9.77. The summed E-state index contributed by atoms with van der Waals surface area (Å²) in [6.07, 6.45) is 3.56. The molecule has 2 aromatic carbocycles. The zero-order chi connectivity index (χ0) is 23.0.